The normalized spacial score (nSPS) is 15.5. The highest BCUT2D eigenvalue weighted by Gasteiger charge is 2.25. The van der Waals surface area contributed by atoms with Crippen molar-refractivity contribution >= 4 is 17.2 Å². The molecule has 152 valence electrons. The topological polar surface area (TPSA) is 58.4 Å². The Morgan fingerprint density at radius 1 is 1.21 bits per heavy atom. The molecule has 0 aliphatic carbocycles. The number of amides is 1. The van der Waals surface area contributed by atoms with Gasteiger partial charge in [-0.2, -0.15) is 0 Å². The van der Waals surface area contributed by atoms with E-state index < -0.39 is 11.6 Å². The molecule has 29 heavy (non-hydrogen) atoms. The second-order valence-corrected chi connectivity index (χ2v) is 8.21. The van der Waals surface area contributed by atoms with Crippen molar-refractivity contribution in [3.8, 4) is 0 Å². The van der Waals surface area contributed by atoms with E-state index in [1.165, 1.54) is 6.07 Å². The van der Waals surface area contributed by atoms with Gasteiger partial charge < -0.3 is 9.84 Å². The Bertz CT molecular complexity index is 966. The van der Waals surface area contributed by atoms with Crippen molar-refractivity contribution in [1.82, 2.24) is 15.4 Å². The molecular weight excluding hydrogens is 396 g/mol. The van der Waals surface area contributed by atoms with Gasteiger partial charge in [-0.05, 0) is 55.1 Å². The highest BCUT2D eigenvalue weighted by atomic mass is 32.1. The smallest absolute Gasteiger partial charge is 0.290 e. The van der Waals surface area contributed by atoms with Crippen LogP contribution in [0.4, 0.5) is 8.78 Å². The number of benzene rings is 1. The molecule has 4 rings (SSSR count). The summed E-state index contributed by atoms with van der Waals surface area (Å²) in [6.07, 6.45) is 1.74. The molecule has 0 saturated carbocycles. The summed E-state index contributed by atoms with van der Waals surface area (Å²) in [4.78, 5) is 15.5. The lowest BCUT2D eigenvalue weighted by atomic mass is 9.93. The number of hydrogen-bond acceptors (Lipinski definition) is 5. The first-order valence-electron chi connectivity index (χ1n) is 9.52. The number of hydrogen-bond donors (Lipinski definition) is 1. The van der Waals surface area contributed by atoms with Crippen molar-refractivity contribution in [2.24, 2.45) is 0 Å². The van der Waals surface area contributed by atoms with E-state index in [1.54, 1.807) is 23.5 Å². The predicted octanol–water partition coefficient (Wildman–Crippen LogP) is 4.32. The van der Waals surface area contributed by atoms with E-state index >= 15 is 0 Å². The maximum atomic E-state index is 13.4. The molecule has 0 spiro atoms. The van der Waals surface area contributed by atoms with Gasteiger partial charge in [-0.3, -0.25) is 9.69 Å². The minimum absolute atomic E-state index is 0.221. The molecular formula is C21H21F2N3O2S. The van der Waals surface area contributed by atoms with Crippen LogP contribution in [0.15, 0.2) is 46.3 Å². The van der Waals surface area contributed by atoms with Crippen LogP contribution in [0.5, 0.6) is 0 Å². The summed E-state index contributed by atoms with van der Waals surface area (Å²) >= 11 is 1.59. The summed E-state index contributed by atoms with van der Waals surface area (Å²) in [5, 5.41) is 8.89. The van der Waals surface area contributed by atoms with Crippen LogP contribution >= 0.6 is 11.3 Å². The molecule has 1 amide bonds. The standard InChI is InChI=1S/C21H21F2N3O2S/c22-17-4-3-14(10-18(17)23)13-26-7-5-15(6-8-26)19-11-20(28-25-19)21(27)24-12-16-2-1-9-29-16/h1-4,9-11,15H,5-8,12-13H2,(H,24,27). The third-order valence-electron chi connectivity index (χ3n) is 5.15. The van der Waals surface area contributed by atoms with Gasteiger partial charge >= 0.3 is 0 Å². The highest BCUT2D eigenvalue weighted by Crippen LogP contribution is 2.28. The van der Waals surface area contributed by atoms with Gasteiger partial charge in [-0.25, -0.2) is 8.78 Å². The van der Waals surface area contributed by atoms with E-state index in [-0.39, 0.29) is 17.6 Å². The van der Waals surface area contributed by atoms with Gasteiger partial charge in [0.15, 0.2) is 11.6 Å². The van der Waals surface area contributed by atoms with Crippen LogP contribution < -0.4 is 5.32 Å². The van der Waals surface area contributed by atoms with E-state index in [0.717, 1.165) is 48.1 Å². The lowest BCUT2D eigenvalue weighted by Crippen LogP contribution is -2.32. The number of likely N-dealkylation sites (tertiary alicyclic amines) is 1. The first kappa shape index (κ1) is 19.7. The van der Waals surface area contributed by atoms with Gasteiger partial charge in [-0.1, -0.05) is 17.3 Å². The summed E-state index contributed by atoms with van der Waals surface area (Å²) in [5.74, 6) is -1.47. The molecule has 8 heteroatoms. The van der Waals surface area contributed by atoms with Gasteiger partial charge in [0.2, 0.25) is 5.76 Å². The van der Waals surface area contributed by atoms with Crippen molar-refractivity contribution in [3.05, 3.63) is 75.3 Å². The zero-order chi connectivity index (χ0) is 20.2. The molecule has 2 aromatic heterocycles. The van der Waals surface area contributed by atoms with Crippen LogP contribution in [0, 0.1) is 11.6 Å². The van der Waals surface area contributed by atoms with Crippen LogP contribution in [0.25, 0.3) is 0 Å². The van der Waals surface area contributed by atoms with Crippen LogP contribution in [-0.4, -0.2) is 29.1 Å². The van der Waals surface area contributed by atoms with Crippen LogP contribution in [-0.2, 0) is 13.1 Å². The molecule has 0 bridgehead atoms. The average Bonchev–Trinajstić information content (AvgIpc) is 3.42. The molecule has 3 aromatic rings. The van der Waals surface area contributed by atoms with Crippen LogP contribution in [0.1, 0.15) is 45.4 Å². The number of nitrogens with zero attached hydrogens (tertiary/aromatic N) is 2. The fraction of sp³-hybridized carbons (Fsp3) is 0.333. The Kier molecular flexibility index (Phi) is 6.01. The maximum absolute atomic E-state index is 13.4. The fourth-order valence-electron chi connectivity index (χ4n) is 3.54. The number of carbonyl (C=O) groups excluding carboxylic acids is 1. The van der Waals surface area contributed by atoms with Gasteiger partial charge in [0.05, 0.1) is 12.2 Å². The first-order chi connectivity index (χ1) is 14.1. The number of nitrogens with one attached hydrogen (secondary N) is 1. The summed E-state index contributed by atoms with van der Waals surface area (Å²) in [5.41, 5.74) is 1.55. The maximum Gasteiger partial charge on any atom is 0.290 e. The third-order valence-corrected chi connectivity index (χ3v) is 6.03. The molecule has 0 radical (unpaired) electrons. The van der Waals surface area contributed by atoms with Gasteiger partial charge in [0, 0.05) is 23.4 Å². The second kappa shape index (κ2) is 8.84. The molecule has 1 saturated heterocycles. The Balaban J connectivity index is 1.28. The van der Waals surface area contributed by atoms with Crippen LogP contribution in [0.2, 0.25) is 0 Å². The van der Waals surface area contributed by atoms with Crippen LogP contribution in [0.3, 0.4) is 0 Å². The molecule has 1 aromatic carbocycles. The van der Waals surface area contributed by atoms with Gasteiger partial charge in [-0.15, -0.1) is 11.3 Å². The van der Waals surface area contributed by atoms with E-state index in [0.29, 0.717) is 13.1 Å². The Morgan fingerprint density at radius 3 is 2.76 bits per heavy atom. The highest BCUT2D eigenvalue weighted by molar-refractivity contribution is 7.09. The Morgan fingerprint density at radius 2 is 2.03 bits per heavy atom. The SMILES string of the molecule is O=C(NCc1cccs1)c1cc(C2CCN(Cc3ccc(F)c(F)c3)CC2)no1. The van der Waals surface area contributed by atoms with E-state index in [9.17, 15) is 13.6 Å². The monoisotopic (exact) mass is 417 g/mol. The van der Waals surface area contributed by atoms with Crippen molar-refractivity contribution < 1.29 is 18.1 Å². The number of thiophene rings is 1. The number of carbonyl (C=O) groups is 1. The zero-order valence-electron chi connectivity index (χ0n) is 15.7. The van der Waals surface area contributed by atoms with E-state index in [1.807, 2.05) is 17.5 Å². The van der Waals surface area contributed by atoms with E-state index in [2.05, 4.69) is 15.4 Å². The number of rotatable bonds is 6. The molecule has 1 aliphatic heterocycles. The number of aromatic nitrogens is 1. The molecule has 0 atom stereocenters. The quantitative estimate of drug-likeness (QED) is 0.649. The van der Waals surface area contributed by atoms with Crippen molar-refractivity contribution in [1.29, 1.82) is 0 Å². The Labute approximate surface area is 171 Å². The zero-order valence-corrected chi connectivity index (χ0v) is 16.6. The van der Waals surface area contributed by atoms with Crippen molar-refractivity contribution in [2.45, 2.75) is 31.8 Å². The lowest BCUT2D eigenvalue weighted by molar-refractivity contribution is 0.0914. The molecule has 1 N–H and O–H groups in total. The van der Waals surface area contributed by atoms with Crippen molar-refractivity contribution in [3.63, 3.8) is 0 Å². The minimum atomic E-state index is -0.825. The number of halogens is 2. The number of piperidine rings is 1. The fourth-order valence-corrected chi connectivity index (χ4v) is 4.18. The molecule has 1 aliphatic rings. The summed E-state index contributed by atoms with van der Waals surface area (Å²) < 4.78 is 31.7. The first-order valence-corrected chi connectivity index (χ1v) is 10.4. The molecule has 5 nitrogen and oxygen atoms in total. The molecule has 1 fully saturated rings. The third kappa shape index (κ3) is 4.89. The summed E-state index contributed by atoms with van der Waals surface area (Å²) in [7, 11) is 0. The Hall–Kier alpha value is -2.58. The summed E-state index contributed by atoms with van der Waals surface area (Å²) in [6.45, 7) is 2.68. The average molecular weight is 417 g/mol. The largest absolute Gasteiger partial charge is 0.351 e. The second-order valence-electron chi connectivity index (χ2n) is 7.18. The minimum Gasteiger partial charge on any atom is -0.351 e. The molecule has 0 unspecified atom stereocenters. The lowest BCUT2D eigenvalue weighted by Gasteiger charge is -2.31. The summed E-state index contributed by atoms with van der Waals surface area (Å²) in [6, 6.07) is 9.66. The van der Waals surface area contributed by atoms with Gasteiger partial charge in [0.25, 0.3) is 5.91 Å². The predicted molar refractivity (Wildman–Crippen MR) is 106 cm³/mol. The van der Waals surface area contributed by atoms with Crippen molar-refractivity contribution in [2.75, 3.05) is 13.1 Å². The van der Waals surface area contributed by atoms with Gasteiger partial charge in [0.1, 0.15) is 0 Å². The van der Waals surface area contributed by atoms with E-state index in [4.69, 9.17) is 4.52 Å². The molecule has 3 heterocycles.